The predicted molar refractivity (Wildman–Crippen MR) is 100 cm³/mol. The van der Waals surface area contributed by atoms with Crippen LogP contribution < -0.4 is 5.69 Å². The molecule has 3 aromatic rings. The van der Waals surface area contributed by atoms with Crippen LogP contribution in [0.2, 0.25) is 0 Å². The van der Waals surface area contributed by atoms with Crippen LogP contribution in [-0.4, -0.2) is 27.3 Å². The van der Waals surface area contributed by atoms with Crippen molar-refractivity contribution in [2.75, 3.05) is 6.54 Å². The number of hydrogen-bond donors (Lipinski definition) is 2. The number of aromatic amines is 2. The number of hydrogen-bond acceptors (Lipinski definition) is 2. The maximum Gasteiger partial charge on any atom is 0.323 e. The lowest BCUT2D eigenvalue weighted by atomic mass is 9.61. The Kier molecular flexibility index (Phi) is 3.32. The van der Waals surface area contributed by atoms with Crippen LogP contribution >= 0.6 is 0 Å². The van der Waals surface area contributed by atoms with Gasteiger partial charge in [0.2, 0.25) is 0 Å². The molecule has 5 heteroatoms. The zero-order chi connectivity index (χ0) is 17.7. The fourth-order valence-electron chi connectivity index (χ4n) is 5.01. The van der Waals surface area contributed by atoms with Crippen LogP contribution in [0.4, 0.5) is 0 Å². The second-order valence-corrected chi connectivity index (χ2v) is 7.46. The molecule has 1 amide bonds. The van der Waals surface area contributed by atoms with Crippen molar-refractivity contribution in [2.24, 2.45) is 5.92 Å². The average Bonchev–Trinajstić information content (AvgIpc) is 3.03. The van der Waals surface area contributed by atoms with Crippen LogP contribution in [-0.2, 0) is 5.54 Å². The molecule has 132 valence electrons. The van der Waals surface area contributed by atoms with Crippen molar-refractivity contribution in [3.8, 4) is 0 Å². The molecule has 26 heavy (non-hydrogen) atoms. The second-order valence-electron chi connectivity index (χ2n) is 7.46. The van der Waals surface area contributed by atoms with E-state index in [1.807, 2.05) is 29.2 Å². The minimum Gasteiger partial charge on any atom is -0.328 e. The van der Waals surface area contributed by atoms with Gasteiger partial charge >= 0.3 is 5.69 Å². The van der Waals surface area contributed by atoms with Crippen molar-refractivity contribution in [3.63, 3.8) is 0 Å². The third-order valence-electron chi connectivity index (χ3n) is 6.22. The molecule has 0 bridgehead atoms. The summed E-state index contributed by atoms with van der Waals surface area (Å²) in [5, 5.41) is 0. The van der Waals surface area contributed by atoms with Gasteiger partial charge in [0.05, 0.1) is 22.1 Å². The van der Waals surface area contributed by atoms with Crippen molar-refractivity contribution in [3.05, 3.63) is 70.1 Å². The van der Waals surface area contributed by atoms with E-state index in [0.29, 0.717) is 22.5 Å². The number of H-pyrrole nitrogens is 2. The number of carbonyl (C=O) groups excluding carboxylic acids is 1. The molecule has 5 nitrogen and oxygen atoms in total. The first kappa shape index (κ1) is 15.4. The smallest absolute Gasteiger partial charge is 0.323 e. The lowest BCUT2D eigenvalue weighted by molar-refractivity contribution is -0.0868. The molecule has 2 fully saturated rings. The van der Waals surface area contributed by atoms with Gasteiger partial charge in [0.15, 0.2) is 0 Å². The number of fused-ring (bicyclic) bond motifs is 2. The molecule has 2 aromatic carbocycles. The number of amides is 1. The SMILES string of the molecule is O=C(c1cccc2[nH]c(=O)[nH]c12)N1CC2CCCCC21c1ccccc1. The number of nitrogens with one attached hydrogen (secondary N) is 2. The fraction of sp³-hybridized carbons (Fsp3) is 0.333. The summed E-state index contributed by atoms with van der Waals surface area (Å²) in [5.41, 5.74) is 2.60. The lowest BCUT2D eigenvalue weighted by Crippen LogP contribution is -2.67. The van der Waals surface area contributed by atoms with E-state index in [1.165, 1.54) is 18.4 Å². The standard InChI is InChI=1S/C21H21N3O2/c25-19(16-10-6-11-17-18(16)23-20(26)22-17)24-13-15-9-4-5-12-21(15,24)14-7-2-1-3-8-14/h1-3,6-8,10-11,15H,4-5,9,12-13H2,(H2,22,23,26). The lowest BCUT2D eigenvalue weighted by Gasteiger charge is -2.61. The van der Waals surface area contributed by atoms with Gasteiger partial charge in [0.25, 0.3) is 5.91 Å². The Hall–Kier alpha value is -2.82. The van der Waals surface area contributed by atoms with Gasteiger partial charge in [-0.2, -0.15) is 0 Å². The van der Waals surface area contributed by atoms with Gasteiger partial charge in [-0.25, -0.2) is 4.79 Å². The summed E-state index contributed by atoms with van der Waals surface area (Å²) >= 11 is 0. The van der Waals surface area contributed by atoms with Gasteiger partial charge in [0, 0.05) is 12.5 Å². The first-order valence-electron chi connectivity index (χ1n) is 9.29. The van der Waals surface area contributed by atoms with Gasteiger partial charge in [-0.3, -0.25) is 4.79 Å². The predicted octanol–water partition coefficient (Wildman–Crippen LogP) is 3.40. The third kappa shape index (κ3) is 2.03. The first-order valence-corrected chi connectivity index (χ1v) is 9.29. The van der Waals surface area contributed by atoms with Crippen LogP contribution in [0, 0.1) is 5.92 Å². The highest BCUT2D eigenvalue weighted by Gasteiger charge is 2.57. The molecule has 1 aromatic heterocycles. The highest BCUT2D eigenvalue weighted by Crippen LogP contribution is 2.54. The number of imidazole rings is 1. The number of nitrogens with zero attached hydrogens (tertiary/aromatic N) is 1. The van der Waals surface area contributed by atoms with E-state index >= 15 is 0 Å². The van der Waals surface area contributed by atoms with E-state index in [9.17, 15) is 9.59 Å². The van der Waals surface area contributed by atoms with Crippen LogP contribution in [0.25, 0.3) is 11.0 Å². The Balaban J connectivity index is 1.60. The van der Waals surface area contributed by atoms with Gasteiger partial charge in [-0.15, -0.1) is 0 Å². The Bertz CT molecular complexity index is 1040. The molecule has 5 rings (SSSR count). The molecular weight excluding hydrogens is 326 g/mol. The average molecular weight is 347 g/mol. The molecule has 2 unspecified atom stereocenters. The van der Waals surface area contributed by atoms with E-state index < -0.39 is 0 Å². The molecule has 1 aliphatic carbocycles. The topological polar surface area (TPSA) is 69.0 Å². The molecule has 2 aliphatic rings. The van der Waals surface area contributed by atoms with Crippen molar-refractivity contribution in [2.45, 2.75) is 31.2 Å². The van der Waals surface area contributed by atoms with Gasteiger partial charge < -0.3 is 14.9 Å². The highest BCUT2D eigenvalue weighted by atomic mass is 16.2. The number of aromatic nitrogens is 2. The molecule has 1 saturated heterocycles. The maximum atomic E-state index is 13.5. The number of benzene rings is 2. The summed E-state index contributed by atoms with van der Waals surface area (Å²) in [6.07, 6.45) is 4.55. The monoisotopic (exact) mass is 347 g/mol. The molecule has 2 atom stereocenters. The van der Waals surface area contributed by atoms with Gasteiger partial charge in [-0.1, -0.05) is 49.2 Å². The molecule has 2 N–H and O–H groups in total. The van der Waals surface area contributed by atoms with Gasteiger partial charge in [-0.05, 0) is 30.5 Å². The Morgan fingerprint density at radius 2 is 1.88 bits per heavy atom. The van der Waals surface area contributed by atoms with E-state index in [1.54, 1.807) is 0 Å². The number of rotatable bonds is 2. The number of carbonyl (C=O) groups is 1. The van der Waals surface area contributed by atoms with Crippen LogP contribution in [0.5, 0.6) is 0 Å². The van der Waals surface area contributed by atoms with E-state index in [0.717, 1.165) is 19.4 Å². The zero-order valence-corrected chi connectivity index (χ0v) is 14.5. The molecule has 0 radical (unpaired) electrons. The number of para-hydroxylation sites is 1. The van der Waals surface area contributed by atoms with Gasteiger partial charge in [0.1, 0.15) is 0 Å². The first-order chi connectivity index (χ1) is 12.7. The van der Waals surface area contributed by atoms with E-state index in [2.05, 4.69) is 34.2 Å². The van der Waals surface area contributed by atoms with Crippen LogP contribution in [0.3, 0.4) is 0 Å². The Labute approximate surface area is 151 Å². The number of likely N-dealkylation sites (tertiary alicyclic amines) is 1. The molecule has 2 heterocycles. The minimum atomic E-state index is -0.280. The zero-order valence-electron chi connectivity index (χ0n) is 14.5. The van der Waals surface area contributed by atoms with Crippen molar-refractivity contribution >= 4 is 16.9 Å². The van der Waals surface area contributed by atoms with Crippen LogP contribution in [0.1, 0.15) is 41.6 Å². The van der Waals surface area contributed by atoms with Crippen LogP contribution in [0.15, 0.2) is 53.3 Å². The second kappa shape index (κ2) is 5.59. The normalized spacial score (nSPS) is 24.9. The summed E-state index contributed by atoms with van der Waals surface area (Å²) in [7, 11) is 0. The summed E-state index contributed by atoms with van der Waals surface area (Å²) in [6.45, 7) is 0.790. The molecule has 1 saturated carbocycles. The minimum absolute atomic E-state index is 0.00727. The summed E-state index contributed by atoms with van der Waals surface area (Å²) in [4.78, 5) is 32.7. The molecular formula is C21H21N3O2. The van der Waals surface area contributed by atoms with E-state index in [4.69, 9.17) is 0 Å². The Morgan fingerprint density at radius 3 is 2.69 bits per heavy atom. The maximum absolute atomic E-state index is 13.5. The van der Waals surface area contributed by atoms with Crippen molar-refractivity contribution in [1.82, 2.24) is 14.9 Å². The van der Waals surface area contributed by atoms with E-state index in [-0.39, 0.29) is 17.1 Å². The highest BCUT2D eigenvalue weighted by molar-refractivity contribution is 6.05. The summed E-state index contributed by atoms with van der Waals surface area (Å²) < 4.78 is 0. The fourth-order valence-corrected chi connectivity index (χ4v) is 5.01. The third-order valence-corrected chi connectivity index (χ3v) is 6.22. The molecule has 0 spiro atoms. The summed E-state index contributed by atoms with van der Waals surface area (Å²) in [5.74, 6) is 0.528. The Morgan fingerprint density at radius 1 is 1.04 bits per heavy atom. The molecule has 1 aliphatic heterocycles. The quantitative estimate of drug-likeness (QED) is 0.746. The van der Waals surface area contributed by atoms with Crippen molar-refractivity contribution in [1.29, 1.82) is 0 Å². The largest absolute Gasteiger partial charge is 0.328 e. The summed E-state index contributed by atoms with van der Waals surface area (Å²) in [6, 6.07) is 15.9. The van der Waals surface area contributed by atoms with Crippen molar-refractivity contribution < 1.29 is 4.79 Å².